The van der Waals surface area contributed by atoms with Gasteiger partial charge in [0.1, 0.15) is 11.7 Å². The molecule has 1 amide bonds. The zero-order valence-electron chi connectivity index (χ0n) is 13.8. The van der Waals surface area contributed by atoms with Crippen LogP contribution in [0.25, 0.3) is 0 Å². The minimum absolute atomic E-state index is 0.0184. The molecule has 6 nitrogen and oxygen atoms in total. The van der Waals surface area contributed by atoms with E-state index < -0.39 is 11.3 Å². The first kappa shape index (κ1) is 15.7. The van der Waals surface area contributed by atoms with E-state index in [1.54, 1.807) is 17.3 Å². The number of alkyl halides is 1. The molecule has 1 spiro atoms. The first-order chi connectivity index (χ1) is 11.5. The van der Waals surface area contributed by atoms with Crippen LogP contribution < -0.4 is 4.74 Å². The molecule has 3 aliphatic rings. The minimum atomic E-state index is -1.62. The monoisotopic (exact) mass is 335 g/mol. The Balaban J connectivity index is 1.35. The number of likely N-dealkylation sites (tertiary alicyclic amines) is 1. The van der Waals surface area contributed by atoms with E-state index in [4.69, 9.17) is 9.47 Å². The Morgan fingerprint density at radius 3 is 2.88 bits per heavy atom. The largest absolute Gasteiger partial charge is 0.473 e. The Labute approximate surface area is 140 Å². The van der Waals surface area contributed by atoms with Crippen molar-refractivity contribution in [2.45, 2.75) is 56.4 Å². The van der Waals surface area contributed by atoms with Crippen LogP contribution in [0.3, 0.4) is 0 Å². The van der Waals surface area contributed by atoms with Gasteiger partial charge in [-0.25, -0.2) is 9.37 Å². The number of rotatable bonds is 3. The van der Waals surface area contributed by atoms with Gasteiger partial charge in [0.05, 0.1) is 31.6 Å². The summed E-state index contributed by atoms with van der Waals surface area (Å²) in [5.74, 6) is 0.150. The second-order valence-corrected chi connectivity index (χ2v) is 7.24. The van der Waals surface area contributed by atoms with Crippen molar-refractivity contribution in [1.29, 1.82) is 0 Å². The third-order valence-electron chi connectivity index (χ3n) is 5.24. The van der Waals surface area contributed by atoms with E-state index >= 15 is 0 Å². The smallest absolute Gasteiger partial charge is 0.260 e. The van der Waals surface area contributed by atoms with Gasteiger partial charge in [-0.1, -0.05) is 0 Å². The molecule has 1 unspecified atom stereocenters. The van der Waals surface area contributed by atoms with Gasteiger partial charge in [0, 0.05) is 19.0 Å². The van der Waals surface area contributed by atoms with Crippen LogP contribution in [-0.2, 0) is 9.53 Å². The van der Waals surface area contributed by atoms with Gasteiger partial charge >= 0.3 is 0 Å². The van der Waals surface area contributed by atoms with Crippen LogP contribution in [-0.4, -0.2) is 57.8 Å². The number of halogens is 1. The Hall–Kier alpha value is -1.76. The first-order valence-corrected chi connectivity index (χ1v) is 8.56. The van der Waals surface area contributed by atoms with Crippen LogP contribution in [0, 0.1) is 6.92 Å². The summed E-state index contributed by atoms with van der Waals surface area (Å²) in [4.78, 5) is 22.2. The summed E-state index contributed by atoms with van der Waals surface area (Å²) in [5.41, 5.74) is -1.21. The summed E-state index contributed by atoms with van der Waals surface area (Å²) >= 11 is 0. The Kier molecular flexibility index (Phi) is 3.71. The van der Waals surface area contributed by atoms with E-state index in [0.717, 1.165) is 18.5 Å². The quantitative estimate of drug-likeness (QED) is 0.843. The number of aromatic nitrogens is 2. The van der Waals surface area contributed by atoms with Crippen LogP contribution in [0.1, 0.15) is 37.8 Å². The van der Waals surface area contributed by atoms with Crippen LogP contribution in [0.5, 0.6) is 5.88 Å². The van der Waals surface area contributed by atoms with Crippen LogP contribution in [0.4, 0.5) is 4.39 Å². The minimum Gasteiger partial charge on any atom is -0.473 e. The fourth-order valence-corrected chi connectivity index (χ4v) is 3.75. The fourth-order valence-electron chi connectivity index (χ4n) is 3.75. The highest BCUT2D eigenvalue weighted by molar-refractivity contribution is 5.87. The molecule has 1 aliphatic carbocycles. The molecular weight excluding hydrogens is 313 g/mol. The summed E-state index contributed by atoms with van der Waals surface area (Å²) in [5, 5.41) is 0. The predicted octanol–water partition coefficient (Wildman–Crippen LogP) is 1.82. The predicted molar refractivity (Wildman–Crippen MR) is 83.4 cm³/mol. The molecule has 1 saturated carbocycles. The van der Waals surface area contributed by atoms with Gasteiger partial charge in [-0.3, -0.25) is 9.78 Å². The van der Waals surface area contributed by atoms with Gasteiger partial charge in [-0.2, -0.15) is 0 Å². The molecule has 0 N–H and O–H groups in total. The van der Waals surface area contributed by atoms with Crippen molar-refractivity contribution in [2.75, 3.05) is 19.7 Å². The molecular formula is C17H22FN3O3. The molecule has 0 radical (unpaired) electrons. The molecule has 4 rings (SSSR count). The topological polar surface area (TPSA) is 64.6 Å². The summed E-state index contributed by atoms with van der Waals surface area (Å²) < 4.78 is 26.1. The number of amides is 1. The van der Waals surface area contributed by atoms with E-state index in [0.29, 0.717) is 44.8 Å². The van der Waals surface area contributed by atoms with E-state index in [9.17, 15) is 9.18 Å². The maximum Gasteiger partial charge on any atom is 0.260 e. The molecule has 24 heavy (non-hydrogen) atoms. The molecule has 3 fully saturated rings. The van der Waals surface area contributed by atoms with Gasteiger partial charge in [-0.05, 0) is 26.2 Å². The molecule has 2 aliphatic heterocycles. The van der Waals surface area contributed by atoms with E-state index in [2.05, 4.69) is 9.97 Å². The van der Waals surface area contributed by atoms with Crippen molar-refractivity contribution in [3.8, 4) is 5.88 Å². The van der Waals surface area contributed by atoms with E-state index in [1.807, 2.05) is 6.92 Å². The summed E-state index contributed by atoms with van der Waals surface area (Å²) in [6, 6.07) is 0. The number of carbonyl (C=O) groups excluding carboxylic acids is 1. The highest BCUT2D eigenvalue weighted by atomic mass is 19.1. The van der Waals surface area contributed by atoms with Gasteiger partial charge in [-0.15, -0.1) is 0 Å². The Morgan fingerprint density at radius 2 is 2.21 bits per heavy atom. The third-order valence-corrected chi connectivity index (χ3v) is 5.24. The SMILES string of the molecule is Cc1cncc(OC2CCOC3(C2)CN(C(=O)C2(F)CCC2)C3)n1. The normalized spacial score (nSPS) is 27.2. The number of carbonyl (C=O) groups is 1. The standard InChI is InChI=1S/C17H22FN3O3/c1-12-8-19-9-14(20-12)24-13-3-6-23-16(7-13)10-21(11-16)15(22)17(18)4-2-5-17/h8-9,13H,2-7,10-11H2,1H3. The third kappa shape index (κ3) is 2.75. The highest BCUT2D eigenvalue weighted by Gasteiger charge is 2.55. The van der Waals surface area contributed by atoms with Crippen molar-refractivity contribution >= 4 is 5.91 Å². The molecule has 2 saturated heterocycles. The van der Waals surface area contributed by atoms with Crippen molar-refractivity contribution in [3.63, 3.8) is 0 Å². The number of aryl methyl sites for hydroxylation is 1. The average Bonchev–Trinajstić information content (AvgIpc) is 2.50. The average molecular weight is 335 g/mol. The summed E-state index contributed by atoms with van der Waals surface area (Å²) in [6.07, 6.45) is 6.24. The number of nitrogens with zero attached hydrogens (tertiary/aromatic N) is 3. The van der Waals surface area contributed by atoms with Gasteiger partial charge in [0.15, 0.2) is 5.67 Å². The maximum absolute atomic E-state index is 14.3. The zero-order chi connectivity index (χ0) is 16.8. The van der Waals surface area contributed by atoms with Crippen molar-refractivity contribution in [3.05, 3.63) is 18.1 Å². The van der Waals surface area contributed by atoms with Crippen LogP contribution in [0.2, 0.25) is 0 Å². The lowest BCUT2D eigenvalue weighted by Gasteiger charge is -2.54. The molecule has 3 heterocycles. The molecule has 0 aromatic carbocycles. The van der Waals surface area contributed by atoms with Gasteiger partial charge in [0.2, 0.25) is 5.88 Å². The van der Waals surface area contributed by atoms with E-state index in [1.165, 1.54) is 0 Å². The van der Waals surface area contributed by atoms with Crippen molar-refractivity contribution in [2.24, 2.45) is 0 Å². The number of ether oxygens (including phenoxy) is 2. The fraction of sp³-hybridized carbons (Fsp3) is 0.706. The molecule has 7 heteroatoms. The second kappa shape index (κ2) is 5.65. The Morgan fingerprint density at radius 1 is 1.42 bits per heavy atom. The van der Waals surface area contributed by atoms with Crippen molar-refractivity contribution in [1.82, 2.24) is 14.9 Å². The second-order valence-electron chi connectivity index (χ2n) is 7.24. The molecule has 1 aromatic heterocycles. The molecule has 130 valence electrons. The maximum atomic E-state index is 14.3. The zero-order valence-corrected chi connectivity index (χ0v) is 13.8. The van der Waals surface area contributed by atoms with Gasteiger partial charge in [0.25, 0.3) is 5.91 Å². The summed E-state index contributed by atoms with van der Waals surface area (Å²) in [6.45, 7) is 3.36. The van der Waals surface area contributed by atoms with Crippen LogP contribution in [0.15, 0.2) is 12.4 Å². The van der Waals surface area contributed by atoms with Crippen molar-refractivity contribution < 1.29 is 18.7 Å². The lowest BCUT2D eigenvalue weighted by atomic mass is 9.78. The molecule has 1 atom stereocenters. The molecule has 1 aromatic rings. The first-order valence-electron chi connectivity index (χ1n) is 8.56. The van der Waals surface area contributed by atoms with Crippen LogP contribution >= 0.6 is 0 Å². The van der Waals surface area contributed by atoms with E-state index in [-0.39, 0.29) is 12.0 Å². The van der Waals surface area contributed by atoms with Gasteiger partial charge < -0.3 is 14.4 Å². The number of hydrogen-bond donors (Lipinski definition) is 0. The molecule has 0 bridgehead atoms. The Bertz CT molecular complexity index is 644. The lowest BCUT2D eigenvalue weighted by molar-refractivity contribution is -0.202. The summed E-state index contributed by atoms with van der Waals surface area (Å²) in [7, 11) is 0. The lowest BCUT2D eigenvalue weighted by Crippen LogP contribution is -2.70. The number of hydrogen-bond acceptors (Lipinski definition) is 5. The highest BCUT2D eigenvalue weighted by Crippen LogP contribution is 2.42.